The first-order valence-electron chi connectivity index (χ1n) is 7.00. The van der Waals surface area contributed by atoms with Crippen molar-refractivity contribution >= 4 is 11.6 Å². The Labute approximate surface area is 124 Å². The molecule has 0 bridgehead atoms. The van der Waals surface area contributed by atoms with E-state index in [1.165, 1.54) is 0 Å². The Morgan fingerprint density at radius 3 is 2.52 bits per heavy atom. The summed E-state index contributed by atoms with van der Waals surface area (Å²) in [6, 6.07) is 14.5. The zero-order valence-electron chi connectivity index (χ0n) is 12.1. The first-order valence-corrected chi connectivity index (χ1v) is 7.00. The zero-order chi connectivity index (χ0) is 15.2. The fourth-order valence-corrected chi connectivity index (χ4v) is 2.17. The number of aryl methyl sites for hydroxylation is 1. The van der Waals surface area contributed by atoms with Crippen LogP contribution >= 0.6 is 0 Å². The van der Waals surface area contributed by atoms with E-state index in [1.807, 2.05) is 43.3 Å². The number of anilines is 1. The van der Waals surface area contributed by atoms with E-state index in [1.54, 1.807) is 17.0 Å². The first-order chi connectivity index (χ1) is 10.1. The van der Waals surface area contributed by atoms with Crippen molar-refractivity contribution in [3.8, 4) is 5.75 Å². The molecule has 2 aromatic carbocycles. The highest BCUT2D eigenvalue weighted by molar-refractivity contribution is 6.07. The number of phenols is 1. The fourth-order valence-electron chi connectivity index (χ4n) is 2.17. The molecular formula is C17H20N2O2. The second-order valence-corrected chi connectivity index (χ2v) is 4.96. The Morgan fingerprint density at radius 1 is 1.19 bits per heavy atom. The summed E-state index contributed by atoms with van der Waals surface area (Å²) >= 11 is 0. The summed E-state index contributed by atoms with van der Waals surface area (Å²) in [7, 11) is 0. The number of hydrogen-bond acceptors (Lipinski definition) is 3. The molecule has 0 aliphatic heterocycles. The van der Waals surface area contributed by atoms with E-state index >= 15 is 0 Å². The SMILES string of the molecule is Cc1ccc(C(=O)N(CCCN)c2ccccc2)c(O)c1. The van der Waals surface area contributed by atoms with E-state index in [-0.39, 0.29) is 11.7 Å². The standard InChI is InChI=1S/C17H20N2O2/c1-13-8-9-15(16(20)12-13)17(21)19(11-5-10-18)14-6-3-2-4-7-14/h2-4,6-9,12,20H,5,10-11,18H2,1H3. The fraction of sp³-hybridized carbons (Fsp3) is 0.235. The average molecular weight is 284 g/mol. The maximum absolute atomic E-state index is 12.7. The Balaban J connectivity index is 2.34. The minimum absolute atomic E-state index is 0.00804. The van der Waals surface area contributed by atoms with Gasteiger partial charge in [-0.1, -0.05) is 24.3 Å². The van der Waals surface area contributed by atoms with Gasteiger partial charge in [0.2, 0.25) is 0 Å². The molecule has 4 heteroatoms. The van der Waals surface area contributed by atoms with Crippen LogP contribution < -0.4 is 10.6 Å². The van der Waals surface area contributed by atoms with Crippen molar-refractivity contribution in [1.82, 2.24) is 0 Å². The molecule has 0 atom stereocenters. The van der Waals surface area contributed by atoms with Crippen LogP contribution in [0, 0.1) is 6.92 Å². The van der Waals surface area contributed by atoms with Gasteiger partial charge < -0.3 is 15.7 Å². The molecule has 0 aliphatic rings. The van der Waals surface area contributed by atoms with Crippen LogP contribution in [0.25, 0.3) is 0 Å². The number of hydrogen-bond donors (Lipinski definition) is 2. The minimum Gasteiger partial charge on any atom is -0.507 e. The molecule has 0 fully saturated rings. The monoisotopic (exact) mass is 284 g/mol. The molecule has 0 spiro atoms. The van der Waals surface area contributed by atoms with Gasteiger partial charge in [0.15, 0.2) is 0 Å². The molecule has 2 rings (SSSR count). The third-order valence-corrected chi connectivity index (χ3v) is 3.28. The van der Waals surface area contributed by atoms with Gasteiger partial charge in [0.1, 0.15) is 5.75 Å². The molecular weight excluding hydrogens is 264 g/mol. The van der Waals surface area contributed by atoms with Gasteiger partial charge >= 0.3 is 0 Å². The second kappa shape index (κ2) is 6.90. The van der Waals surface area contributed by atoms with Gasteiger partial charge in [-0.3, -0.25) is 4.79 Å². The van der Waals surface area contributed by atoms with Crippen LogP contribution in [0.4, 0.5) is 5.69 Å². The lowest BCUT2D eigenvalue weighted by atomic mass is 10.1. The van der Waals surface area contributed by atoms with Crippen molar-refractivity contribution in [2.45, 2.75) is 13.3 Å². The Bertz CT molecular complexity index is 611. The van der Waals surface area contributed by atoms with E-state index in [4.69, 9.17) is 5.73 Å². The molecule has 0 heterocycles. The molecule has 0 radical (unpaired) electrons. The first kappa shape index (κ1) is 15.1. The van der Waals surface area contributed by atoms with Crippen LogP contribution in [0.5, 0.6) is 5.75 Å². The number of aromatic hydroxyl groups is 1. The number of carbonyl (C=O) groups excluding carboxylic acids is 1. The number of nitrogens with zero attached hydrogens (tertiary/aromatic N) is 1. The molecule has 0 saturated carbocycles. The van der Waals surface area contributed by atoms with E-state index in [9.17, 15) is 9.90 Å². The molecule has 0 aliphatic carbocycles. The summed E-state index contributed by atoms with van der Waals surface area (Å²) in [4.78, 5) is 14.4. The Kier molecular flexibility index (Phi) is 4.95. The maximum atomic E-state index is 12.7. The lowest BCUT2D eigenvalue weighted by Crippen LogP contribution is -2.33. The summed E-state index contributed by atoms with van der Waals surface area (Å²) in [6.07, 6.45) is 0.702. The van der Waals surface area contributed by atoms with Crippen LogP contribution in [-0.2, 0) is 0 Å². The zero-order valence-corrected chi connectivity index (χ0v) is 12.1. The van der Waals surface area contributed by atoms with Gasteiger partial charge in [-0.05, 0) is 49.7 Å². The molecule has 110 valence electrons. The van der Waals surface area contributed by atoms with Gasteiger partial charge in [0.05, 0.1) is 5.56 Å². The Morgan fingerprint density at radius 2 is 1.90 bits per heavy atom. The van der Waals surface area contributed by atoms with Crippen molar-refractivity contribution < 1.29 is 9.90 Å². The molecule has 1 amide bonds. The van der Waals surface area contributed by atoms with Gasteiger partial charge in [-0.2, -0.15) is 0 Å². The molecule has 3 N–H and O–H groups in total. The highest BCUT2D eigenvalue weighted by Crippen LogP contribution is 2.23. The smallest absolute Gasteiger partial charge is 0.262 e. The molecule has 4 nitrogen and oxygen atoms in total. The van der Waals surface area contributed by atoms with Gasteiger partial charge in [-0.15, -0.1) is 0 Å². The van der Waals surface area contributed by atoms with Gasteiger partial charge in [-0.25, -0.2) is 0 Å². The number of nitrogens with two attached hydrogens (primary N) is 1. The van der Waals surface area contributed by atoms with Crippen molar-refractivity contribution in [3.05, 3.63) is 59.7 Å². The molecule has 21 heavy (non-hydrogen) atoms. The summed E-state index contributed by atoms with van der Waals surface area (Å²) in [5.74, 6) is -0.208. The van der Waals surface area contributed by atoms with Crippen molar-refractivity contribution in [2.24, 2.45) is 5.73 Å². The topological polar surface area (TPSA) is 66.6 Å². The number of rotatable bonds is 5. The van der Waals surface area contributed by atoms with E-state index < -0.39 is 0 Å². The van der Waals surface area contributed by atoms with E-state index in [2.05, 4.69) is 0 Å². The third kappa shape index (κ3) is 3.61. The average Bonchev–Trinajstić information content (AvgIpc) is 2.48. The van der Waals surface area contributed by atoms with Gasteiger partial charge in [0, 0.05) is 12.2 Å². The summed E-state index contributed by atoms with van der Waals surface area (Å²) in [5, 5.41) is 10.0. The van der Waals surface area contributed by atoms with Crippen molar-refractivity contribution in [2.75, 3.05) is 18.0 Å². The van der Waals surface area contributed by atoms with E-state index in [0.29, 0.717) is 25.1 Å². The van der Waals surface area contributed by atoms with E-state index in [0.717, 1.165) is 11.3 Å². The third-order valence-electron chi connectivity index (χ3n) is 3.28. The van der Waals surface area contributed by atoms with Crippen LogP contribution in [-0.4, -0.2) is 24.1 Å². The van der Waals surface area contributed by atoms with Gasteiger partial charge in [0.25, 0.3) is 5.91 Å². The molecule has 2 aromatic rings. The number of phenolic OH excluding ortho intramolecular Hbond substituents is 1. The highest BCUT2D eigenvalue weighted by atomic mass is 16.3. The predicted octanol–water partition coefficient (Wildman–Crippen LogP) is 2.70. The normalized spacial score (nSPS) is 10.4. The summed E-state index contributed by atoms with van der Waals surface area (Å²) in [6.45, 7) is 2.90. The van der Waals surface area contributed by atoms with Crippen LogP contribution in [0.2, 0.25) is 0 Å². The van der Waals surface area contributed by atoms with Crippen LogP contribution in [0.15, 0.2) is 48.5 Å². The molecule has 0 saturated heterocycles. The maximum Gasteiger partial charge on any atom is 0.262 e. The molecule has 0 unspecified atom stereocenters. The predicted molar refractivity (Wildman–Crippen MR) is 84.6 cm³/mol. The Hall–Kier alpha value is -2.33. The van der Waals surface area contributed by atoms with Crippen molar-refractivity contribution in [1.29, 1.82) is 0 Å². The van der Waals surface area contributed by atoms with Crippen LogP contribution in [0.1, 0.15) is 22.3 Å². The second-order valence-electron chi connectivity index (χ2n) is 4.96. The number of amides is 1. The van der Waals surface area contributed by atoms with Crippen molar-refractivity contribution in [3.63, 3.8) is 0 Å². The highest BCUT2D eigenvalue weighted by Gasteiger charge is 2.20. The largest absolute Gasteiger partial charge is 0.507 e. The summed E-state index contributed by atoms with van der Waals surface area (Å²) < 4.78 is 0. The number of para-hydroxylation sites is 1. The minimum atomic E-state index is -0.216. The summed E-state index contributed by atoms with van der Waals surface area (Å²) in [5.41, 5.74) is 7.58. The molecule has 0 aromatic heterocycles. The van der Waals surface area contributed by atoms with Crippen LogP contribution in [0.3, 0.4) is 0 Å². The number of carbonyl (C=O) groups is 1. The quantitative estimate of drug-likeness (QED) is 0.887. The lowest BCUT2D eigenvalue weighted by molar-refractivity contribution is 0.0984. The lowest BCUT2D eigenvalue weighted by Gasteiger charge is -2.23. The number of benzene rings is 2.